The van der Waals surface area contributed by atoms with Crippen LogP contribution in [-0.2, 0) is 10.8 Å². The summed E-state index contributed by atoms with van der Waals surface area (Å²) >= 11 is 0. The molecule has 2 heterocycles. The average Bonchev–Trinajstić information content (AvgIpc) is 4.00. The molecule has 0 amide bonds. The van der Waals surface area contributed by atoms with Gasteiger partial charge in [0.1, 0.15) is 0 Å². The SMILES string of the molecule is CC1(C)C2=CC=CCC2c2cc(N(c3cccc(-c4ccccc4)c3)c3ccc4c5c3-c3ccccc3-n3c6ccccc6c6ccc(c-5c63)C43CCCC3)ccc21. The van der Waals surface area contributed by atoms with E-state index in [1.54, 1.807) is 0 Å². The van der Waals surface area contributed by atoms with Gasteiger partial charge in [-0.3, -0.25) is 0 Å². The summed E-state index contributed by atoms with van der Waals surface area (Å²) in [5.41, 5.74) is 23.1. The van der Waals surface area contributed by atoms with E-state index in [4.69, 9.17) is 0 Å². The van der Waals surface area contributed by atoms with Crippen LogP contribution in [0.15, 0.2) is 169 Å². The van der Waals surface area contributed by atoms with E-state index in [1.165, 1.54) is 131 Å². The lowest BCUT2D eigenvalue weighted by atomic mass is 9.76. The molecule has 2 nitrogen and oxygen atoms in total. The number of fused-ring (bicyclic) bond motifs is 11. The van der Waals surface area contributed by atoms with E-state index in [2.05, 4.69) is 187 Å². The largest absolute Gasteiger partial charge is 0.310 e. The minimum Gasteiger partial charge on any atom is -0.310 e. The summed E-state index contributed by atoms with van der Waals surface area (Å²) in [6, 6.07) is 55.8. The van der Waals surface area contributed by atoms with Gasteiger partial charge in [-0.05, 0) is 101 Å². The van der Waals surface area contributed by atoms with Gasteiger partial charge >= 0.3 is 0 Å². The molecule has 1 fully saturated rings. The first-order valence-corrected chi connectivity index (χ1v) is 21.3. The summed E-state index contributed by atoms with van der Waals surface area (Å²) in [5.74, 6) is 0.399. The molecule has 2 heteroatoms. The van der Waals surface area contributed by atoms with Crippen molar-refractivity contribution < 1.29 is 0 Å². The molecule has 1 atom stereocenters. The third kappa shape index (κ3) is 4.13. The van der Waals surface area contributed by atoms with Gasteiger partial charge in [0.25, 0.3) is 0 Å². The maximum atomic E-state index is 2.61. The highest BCUT2D eigenvalue weighted by atomic mass is 15.1. The minimum atomic E-state index is -0.00129. The zero-order chi connectivity index (χ0) is 38.3. The first kappa shape index (κ1) is 32.7. The average molecular weight is 745 g/mol. The number of allylic oxidation sites excluding steroid dienone is 4. The zero-order valence-electron chi connectivity index (χ0n) is 33.1. The fourth-order valence-electron chi connectivity index (χ4n) is 12.4. The molecule has 7 aromatic carbocycles. The van der Waals surface area contributed by atoms with Gasteiger partial charge in [0.2, 0.25) is 0 Å². The molecule has 8 aromatic rings. The van der Waals surface area contributed by atoms with Crippen LogP contribution in [0.4, 0.5) is 17.1 Å². The summed E-state index contributed by atoms with van der Waals surface area (Å²) in [5, 5.41) is 2.68. The van der Waals surface area contributed by atoms with Crippen molar-refractivity contribution in [3.05, 3.63) is 192 Å². The molecule has 0 saturated heterocycles. The standard InChI is InChI=1S/C56H44N2/c1-55(2)44-22-9-6-19-39(44)43-34-38(25-27-45(43)55)57(37-18-14-17-36(33-37)35-15-4-3-5-16-35)50-30-29-46-52-51(50)42-21-8-11-24-49(42)58-48-23-10-7-20-40(48)41-26-28-47(53(52)54(41)58)56(46)31-12-13-32-56/h3-11,14-18,20-30,33-34,39H,12-13,19,31-32H2,1-2H3. The summed E-state index contributed by atoms with van der Waals surface area (Å²) in [6.45, 7) is 4.83. The second-order valence-corrected chi connectivity index (χ2v) is 17.9. The highest BCUT2D eigenvalue weighted by molar-refractivity contribution is 6.20. The fraction of sp³-hybridized carbons (Fsp3) is 0.179. The van der Waals surface area contributed by atoms with Crippen LogP contribution in [0.1, 0.15) is 74.1 Å². The Labute approximate surface area is 340 Å². The Morgan fingerprint density at radius 1 is 0.603 bits per heavy atom. The summed E-state index contributed by atoms with van der Waals surface area (Å²) in [7, 11) is 0. The van der Waals surface area contributed by atoms with Crippen LogP contribution < -0.4 is 4.90 Å². The topological polar surface area (TPSA) is 8.17 Å². The maximum absolute atomic E-state index is 2.61. The highest BCUT2D eigenvalue weighted by Crippen LogP contribution is 2.65. The Bertz CT molecular complexity index is 3130. The van der Waals surface area contributed by atoms with Crippen molar-refractivity contribution in [2.24, 2.45) is 0 Å². The molecule has 1 spiro atoms. The Morgan fingerprint density at radius 3 is 2.24 bits per heavy atom. The van der Waals surface area contributed by atoms with Crippen LogP contribution in [0.3, 0.4) is 0 Å². The molecule has 58 heavy (non-hydrogen) atoms. The smallest absolute Gasteiger partial charge is 0.0623 e. The molecule has 1 unspecified atom stereocenters. The number of hydrogen-bond donors (Lipinski definition) is 0. The number of nitrogens with zero attached hydrogens (tertiary/aromatic N) is 2. The molecule has 1 aliphatic heterocycles. The molecule has 0 bridgehead atoms. The van der Waals surface area contributed by atoms with Crippen molar-refractivity contribution in [3.8, 4) is 39.1 Å². The molecule has 278 valence electrons. The molecule has 13 rings (SSSR count). The third-order valence-electron chi connectivity index (χ3n) is 14.8. The van der Waals surface area contributed by atoms with E-state index in [1.807, 2.05) is 0 Å². The van der Waals surface area contributed by atoms with Gasteiger partial charge in [-0.2, -0.15) is 0 Å². The fourth-order valence-corrected chi connectivity index (χ4v) is 12.4. The van der Waals surface area contributed by atoms with Gasteiger partial charge in [-0.15, -0.1) is 0 Å². The lowest BCUT2D eigenvalue weighted by Crippen LogP contribution is -2.21. The Balaban J connectivity index is 1.15. The summed E-state index contributed by atoms with van der Waals surface area (Å²) < 4.78 is 2.61. The van der Waals surface area contributed by atoms with Crippen molar-refractivity contribution in [2.75, 3.05) is 4.90 Å². The zero-order valence-corrected chi connectivity index (χ0v) is 33.1. The van der Waals surface area contributed by atoms with Gasteiger partial charge in [0, 0.05) is 55.6 Å². The molecule has 1 saturated carbocycles. The summed E-state index contributed by atoms with van der Waals surface area (Å²) in [4.78, 5) is 2.60. The van der Waals surface area contributed by atoms with Crippen LogP contribution in [0.5, 0.6) is 0 Å². The Hall–Kier alpha value is -6.38. The van der Waals surface area contributed by atoms with Gasteiger partial charge in [0.15, 0.2) is 0 Å². The van der Waals surface area contributed by atoms with E-state index >= 15 is 0 Å². The maximum Gasteiger partial charge on any atom is 0.0623 e. The molecule has 0 radical (unpaired) electrons. The second kappa shape index (κ2) is 11.6. The number of para-hydroxylation sites is 2. The first-order chi connectivity index (χ1) is 28.5. The van der Waals surface area contributed by atoms with Crippen molar-refractivity contribution in [2.45, 2.75) is 62.7 Å². The highest BCUT2D eigenvalue weighted by Gasteiger charge is 2.49. The van der Waals surface area contributed by atoms with Gasteiger partial charge < -0.3 is 9.47 Å². The van der Waals surface area contributed by atoms with Crippen LogP contribution in [0.25, 0.3) is 60.9 Å². The lowest BCUT2D eigenvalue weighted by molar-refractivity contribution is 0.550. The number of benzene rings is 7. The van der Waals surface area contributed by atoms with E-state index < -0.39 is 0 Å². The van der Waals surface area contributed by atoms with Crippen LogP contribution >= 0.6 is 0 Å². The van der Waals surface area contributed by atoms with E-state index in [9.17, 15) is 0 Å². The Kier molecular flexibility index (Phi) is 6.54. The molecule has 0 N–H and O–H groups in total. The predicted molar refractivity (Wildman–Crippen MR) is 242 cm³/mol. The monoisotopic (exact) mass is 744 g/mol. The lowest BCUT2D eigenvalue weighted by Gasteiger charge is -2.32. The van der Waals surface area contributed by atoms with E-state index in [-0.39, 0.29) is 10.8 Å². The van der Waals surface area contributed by atoms with Gasteiger partial charge in [-0.1, -0.05) is 154 Å². The first-order valence-electron chi connectivity index (χ1n) is 21.3. The van der Waals surface area contributed by atoms with E-state index in [0.717, 1.165) is 6.42 Å². The van der Waals surface area contributed by atoms with E-state index in [0.29, 0.717) is 5.92 Å². The molecule has 4 aliphatic carbocycles. The van der Waals surface area contributed by atoms with Gasteiger partial charge in [-0.25, -0.2) is 0 Å². The van der Waals surface area contributed by atoms with Crippen LogP contribution in [-0.4, -0.2) is 4.57 Å². The summed E-state index contributed by atoms with van der Waals surface area (Å²) in [6.07, 6.45) is 13.0. The third-order valence-corrected chi connectivity index (χ3v) is 14.8. The van der Waals surface area contributed by atoms with Gasteiger partial charge in [0.05, 0.1) is 22.4 Å². The molecule has 5 aliphatic rings. The predicted octanol–water partition coefficient (Wildman–Crippen LogP) is 15.0. The van der Waals surface area contributed by atoms with Crippen LogP contribution in [0, 0.1) is 0 Å². The van der Waals surface area contributed by atoms with Crippen molar-refractivity contribution in [3.63, 3.8) is 0 Å². The number of anilines is 3. The normalized spacial score (nSPS) is 18.3. The minimum absolute atomic E-state index is 0.00129. The molecular weight excluding hydrogens is 701 g/mol. The Morgan fingerprint density at radius 2 is 1.34 bits per heavy atom. The second-order valence-electron chi connectivity index (χ2n) is 17.9. The molecule has 1 aromatic heterocycles. The quantitative estimate of drug-likeness (QED) is 0.174. The van der Waals surface area contributed by atoms with Crippen molar-refractivity contribution >= 4 is 38.9 Å². The number of hydrogen-bond acceptors (Lipinski definition) is 1. The van der Waals surface area contributed by atoms with Crippen molar-refractivity contribution in [1.82, 2.24) is 4.57 Å². The molecular formula is C56H44N2. The number of rotatable bonds is 4. The number of aromatic nitrogens is 1. The van der Waals surface area contributed by atoms with Crippen LogP contribution in [0.2, 0.25) is 0 Å². The van der Waals surface area contributed by atoms with Crippen molar-refractivity contribution in [1.29, 1.82) is 0 Å².